The lowest BCUT2D eigenvalue weighted by molar-refractivity contribution is -0.384. The first-order valence-corrected chi connectivity index (χ1v) is 15.4. The summed E-state index contributed by atoms with van der Waals surface area (Å²) in [4.78, 5) is 10.9. The first-order chi connectivity index (χ1) is 21.6. The minimum absolute atomic E-state index is 0.0456. The van der Waals surface area contributed by atoms with Crippen LogP contribution >= 0.6 is 0 Å². The third kappa shape index (κ3) is 7.08. The molecule has 1 aliphatic carbocycles. The van der Waals surface area contributed by atoms with Crippen LogP contribution in [0.15, 0.2) is 115 Å². The number of hydrogen-bond donors (Lipinski definition) is 0. The maximum atomic E-state index is 11.2. The van der Waals surface area contributed by atoms with Gasteiger partial charge in [-0.3, -0.25) is 10.1 Å². The van der Waals surface area contributed by atoms with Gasteiger partial charge < -0.3 is 18.9 Å². The SMILES string of the molecule is C[C@@H]1O[C@@H](c2ccc([N+](=O)[O-])cc2)O[C@@H]2[C@H]1[C@@H](COCc1ccccc1)[C@H](COCc1ccccc1)C[C@@H]2c1ccccc1. The molecule has 7 heteroatoms. The molecule has 0 unspecified atom stereocenters. The van der Waals surface area contributed by atoms with Crippen LogP contribution in [0.5, 0.6) is 0 Å². The average molecular weight is 594 g/mol. The summed E-state index contributed by atoms with van der Waals surface area (Å²) in [6, 6.07) is 37.6. The largest absolute Gasteiger partial charge is 0.376 e. The van der Waals surface area contributed by atoms with Crippen molar-refractivity contribution in [3.05, 3.63) is 148 Å². The van der Waals surface area contributed by atoms with Gasteiger partial charge in [-0.1, -0.05) is 91.0 Å². The Morgan fingerprint density at radius 2 is 1.30 bits per heavy atom. The van der Waals surface area contributed by atoms with Gasteiger partial charge in [-0.15, -0.1) is 0 Å². The molecule has 0 aromatic heterocycles. The summed E-state index contributed by atoms with van der Waals surface area (Å²) in [6.45, 7) is 4.40. The third-order valence-corrected chi connectivity index (χ3v) is 9.06. The fourth-order valence-electron chi connectivity index (χ4n) is 6.89. The van der Waals surface area contributed by atoms with Crippen LogP contribution in [0.3, 0.4) is 0 Å². The van der Waals surface area contributed by atoms with Gasteiger partial charge in [0.2, 0.25) is 0 Å². The number of nitrogens with zero attached hydrogens (tertiary/aromatic N) is 1. The second kappa shape index (κ2) is 14.3. The lowest BCUT2D eigenvalue weighted by atomic mass is 9.62. The second-order valence-corrected chi connectivity index (χ2v) is 11.9. The normalized spacial score (nSPS) is 26.5. The van der Waals surface area contributed by atoms with E-state index in [9.17, 15) is 10.1 Å². The quantitative estimate of drug-likeness (QED) is 0.130. The number of hydrogen-bond acceptors (Lipinski definition) is 6. The number of nitro groups is 1. The lowest BCUT2D eigenvalue weighted by Crippen LogP contribution is -2.55. The van der Waals surface area contributed by atoms with Gasteiger partial charge in [-0.05, 0) is 54.0 Å². The smallest absolute Gasteiger partial charge is 0.269 e. The summed E-state index contributed by atoms with van der Waals surface area (Å²) in [5.74, 6) is 0.562. The number of nitro benzene ring substituents is 1. The topological polar surface area (TPSA) is 80.1 Å². The molecule has 7 nitrogen and oxygen atoms in total. The summed E-state index contributed by atoms with van der Waals surface area (Å²) < 4.78 is 26.2. The lowest BCUT2D eigenvalue weighted by Gasteiger charge is -2.53. The molecule has 0 bridgehead atoms. The van der Waals surface area contributed by atoms with Crippen LogP contribution in [0.1, 0.15) is 47.8 Å². The van der Waals surface area contributed by atoms with Gasteiger partial charge in [0.15, 0.2) is 6.29 Å². The highest BCUT2D eigenvalue weighted by atomic mass is 16.7. The molecular formula is C37H39NO6. The van der Waals surface area contributed by atoms with E-state index < -0.39 is 11.2 Å². The van der Waals surface area contributed by atoms with Crippen molar-refractivity contribution in [2.75, 3.05) is 13.2 Å². The van der Waals surface area contributed by atoms with Crippen molar-refractivity contribution in [3.63, 3.8) is 0 Å². The van der Waals surface area contributed by atoms with Crippen LogP contribution in [0.4, 0.5) is 5.69 Å². The Kier molecular flexibility index (Phi) is 9.78. The van der Waals surface area contributed by atoms with E-state index in [2.05, 4.69) is 55.5 Å². The van der Waals surface area contributed by atoms with Crippen molar-refractivity contribution >= 4 is 5.69 Å². The van der Waals surface area contributed by atoms with Crippen molar-refractivity contribution in [1.29, 1.82) is 0 Å². The molecular weight excluding hydrogens is 554 g/mol. The van der Waals surface area contributed by atoms with E-state index in [0.29, 0.717) is 26.4 Å². The number of fused-ring (bicyclic) bond motifs is 1. The fourth-order valence-corrected chi connectivity index (χ4v) is 6.89. The van der Waals surface area contributed by atoms with Crippen LogP contribution in [0.2, 0.25) is 0 Å². The molecule has 4 aromatic rings. The van der Waals surface area contributed by atoms with Gasteiger partial charge in [-0.25, -0.2) is 0 Å². The van der Waals surface area contributed by atoms with Gasteiger partial charge >= 0.3 is 0 Å². The molecule has 228 valence electrons. The molecule has 0 radical (unpaired) electrons. The van der Waals surface area contributed by atoms with E-state index in [1.165, 1.54) is 17.7 Å². The van der Waals surface area contributed by atoms with E-state index in [4.69, 9.17) is 18.9 Å². The molecule has 0 N–H and O–H groups in total. The average Bonchev–Trinajstić information content (AvgIpc) is 3.06. The van der Waals surface area contributed by atoms with Crippen LogP contribution in [0.25, 0.3) is 0 Å². The first-order valence-electron chi connectivity index (χ1n) is 15.4. The number of rotatable bonds is 11. The minimum atomic E-state index is -0.616. The van der Waals surface area contributed by atoms with E-state index in [1.54, 1.807) is 12.1 Å². The van der Waals surface area contributed by atoms with Crippen LogP contribution in [-0.4, -0.2) is 30.3 Å². The number of benzene rings is 4. The fraction of sp³-hybridized carbons (Fsp3) is 0.351. The molecule has 4 aromatic carbocycles. The highest BCUT2D eigenvalue weighted by molar-refractivity contribution is 5.34. The summed E-state index contributed by atoms with van der Waals surface area (Å²) in [5, 5.41) is 11.2. The zero-order valence-electron chi connectivity index (χ0n) is 24.9. The Morgan fingerprint density at radius 1 is 0.727 bits per heavy atom. The Labute approximate surface area is 258 Å². The molecule has 1 heterocycles. The molecule has 0 amide bonds. The van der Waals surface area contributed by atoms with Crippen LogP contribution in [0, 0.1) is 27.9 Å². The standard InChI is InChI=1S/C37H39NO6/c1-26-35-34(25-42-23-28-13-7-3-8-14-28)31(24-41-22-27-11-5-2-6-12-27)21-33(29-15-9-4-10-16-29)36(35)44-37(43-26)30-17-19-32(20-18-30)38(39)40/h2-20,26,31,33-37H,21-25H2,1H3/t26-,31-,33+,34-,35+,36-,37+/m0/s1. The predicted molar refractivity (Wildman–Crippen MR) is 168 cm³/mol. The summed E-state index contributed by atoms with van der Waals surface area (Å²) >= 11 is 0. The van der Waals surface area contributed by atoms with E-state index >= 15 is 0 Å². The predicted octanol–water partition coefficient (Wildman–Crippen LogP) is 7.87. The van der Waals surface area contributed by atoms with Gasteiger partial charge in [-0.2, -0.15) is 0 Å². The Balaban J connectivity index is 1.27. The maximum absolute atomic E-state index is 11.2. The minimum Gasteiger partial charge on any atom is -0.376 e. The molecule has 1 aliphatic heterocycles. The first kappa shape index (κ1) is 30.2. The van der Waals surface area contributed by atoms with Crippen molar-refractivity contribution in [1.82, 2.24) is 0 Å². The van der Waals surface area contributed by atoms with Crippen LogP contribution < -0.4 is 0 Å². The van der Waals surface area contributed by atoms with Crippen molar-refractivity contribution in [2.24, 2.45) is 17.8 Å². The molecule has 0 spiro atoms. The highest BCUT2D eigenvalue weighted by Crippen LogP contribution is 2.51. The summed E-state index contributed by atoms with van der Waals surface area (Å²) in [6.07, 6.45) is 0.00782. The van der Waals surface area contributed by atoms with Crippen LogP contribution in [-0.2, 0) is 32.2 Å². The molecule has 7 atom stereocenters. The monoisotopic (exact) mass is 593 g/mol. The van der Waals surface area contributed by atoms with Gasteiger partial charge in [0.25, 0.3) is 5.69 Å². The van der Waals surface area contributed by atoms with E-state index in [0.717, 1.165) is 23.1 Å². The molecule has 2 fully saturated rings. The molecule has 6 rings (SSSR count). The Hall–Kier alpha value is -3.88. The zero-order valence-corrected chi connectivity index (χ0v) is 24.9. The Morgan fingerprint density at radius 3 is 1.89 bits per heavy atom. The molecule has 1 saturated heterocycles. The summed E-state index contributed by atoms with van der Waals surface area (Å²) in [5.41, 5.74) is 4.35. The number of non-ortho nitro benzene ring substituents is 1. The molecule has 1 saturated carbocycles. The van der Waals surface area contributed by atoms with E-state index in [1.807, 2.05) is 42.5 Å². The highest BCUT2D eigenvalue weighted by Gasteiger charge is 2.52. The molecule has 2 aliphatic rings. The number of ether oxygens (including phenoxy) is 4. The molecule has 44 heavy (non-hydrogen) atoms. The third-order valence-electron chi connectivity index (χ3n) is 9.06. The van der Waals surface area contributed by atoms with Crippen molar-refractivity contribution in [3.8, 4) is 0 Å². The van der Waals surface area contributed by atoms with Crippen molar-refractivity contribution < 1.29 is 23.9 Å². The summed E-state index contributed by atoms with van der Waals surface area (Å²) in [7, 11) is 0. The second-order valence-electron chi connectivity index (χ2n) is 11.9. The van der Waals surface area contributed by atoms with Crippen molar-refractivity contribution in [2.45, 2.75) is 51.0 Å². The maximum Gasteiger partial charge on any atom is 0.269 e. The van der Waals surface area contributed by atoms with E-state index in [-0.39, 0.29) is 41.6 Å². The zero-order chi connectivity index (χ0) is 30.3. The van der Waals surface area contributed by atoms with Gasteiger partial charge in [0.05, 0.1) is 43.6 Å². The van der Waals surface area contributed by atoms with Gasteiger partial charge in [0, 0.05) is 29.5 Å². The van der Waals surface area contributed by atoms with Gasteiger partial charge in [0.1, 0.15) is 0 Å². The Bertz CT molecular complexity index is 1470.